The van der Waals surface area contributed by atoms with Crippen LogP contribution in [-0.2, 0) is 86.2 Å². The van der Waals surface area contributed by atoms with E-state index in [2.05, 4.69) is 26.4 Å². The lowest BCUT2D eigenvalue weighted by Crippen LogP contribution is -2.63. The molecule has 5 aliphatic rings. The molecule has 3 unspecified atom stereocenters. The van der Waals surface area contributed by atoms with Crippen LogP contribution in [0, 0.1) is 5.92 Å². The van der Waals surface area contributed by atoms with Crippen molar-refractivity contribution in [3.05, 3.63) is 117 Å². The first kappa shape index (κ1) is 72.4. The minimum absolute atomic E-state index is 0.0515. The van der Waals surface area contributed by atoms with Gasteiger partial charge >= 0.3 is 12.1 Å². The molecule has 5 N–H and O–H groups in total. The predicted octanol–water partition coefficient (Wildman–Crippen LogP) is 5.89. The number of halogens is 1. The number of para-hydroxylation sites is 1. The largest absolute Gasteiger partial charge is 0.457 e. The van der Waals surface area contributed by atoms with Gasteiger partial charge in [0.2, 0.25) is 29.5 Å². The predicted molar refractivity (Wildman–Crippen MR) is 345 cm³/mol. The maximum Gasteiger partial charge on any atom is 0.409 e. The summed E-state index contributed by atoms with van der Waals surface area (Å²) in [6.45, 7) is 9.55. The number of methoxy groups -OCH3 is 1. The zero-order valence-electron chi connectivity index (χ0n) is 54.8. The molecule has 0 aliphatic carbocycles. The van der Waals surface area contributed by atoms with Crippen LogP contribution in [0.5, 0.6) is 0 Å². The molecule has 94 heavy (non-hydrogen) atoms. The van der Waals surface area contributed by atoms with Gasteiger partial charge in [-0.25, -0.2) is 9.59 Å². The first-order valence-corrected chi connectivity index (χ1v) is 32.3. The Morgan fingerprint density at radius 1 is 0.894 bits per heavy atom. The molecule has 26 nitrogen and oxygen atoms in total. The maximum atomic E-state index is 14.4. The lowest BCUT2D eigenvalue weighted by Gasteiger charge is -2.42. The third-order valence-corrected chi connectivity index (χ3v) is 18.3. The summed E-state index contributed by atoms with van der Waals surface area (Å²) in [5, 5.41) is 36.3. The minimum Gasteiger partial charge on any atom is -0.457 e. The number of aliphatic hydroxyl groups excluding tert-OH is 1. The third-order valence-electron chi connectivity index (χ3n) is 17.9. The lowest BCUT2D eigenvalue weighted by atomic mass is 9.83. The standard InChI is InChI=1S/C67H90ClN9O17/c1-42-15-13-20-53(87-8)67(86)39-52(92-65(85)70-67)43(2)63-66(4,94-63)54(38-59(83)76(7)51-37-45(35-42)36-47(41-78)60(51)68)93-64(84)44(3)75(6)57(81)22-14-21-56(80)74(5)26-28-89-30-32-91-34-33-90-31-29-88-27-24-55(79)69-25-23-58(82)77-40-46-16-9-10-17-48(46)61-62(72-73-71-61)49-18-11-12-19-50(49)77/h9-13,15-20,36-37,43-44,52-54,61-63,78,86H,14,21-35,38-41H2,1-8H3,(H,69,79)(H,70,85)(H,71,72)/b20-13+,42-15-/t43-,44?,52+,53-,54+,61?,62?,63+,66+,67+/m1/s1. The molecule has 27 heteroatoms. The molecular formula is C67H90ClN9O17. The minimum atomic E-state index is -1.89. The summed E-state index contributed by atoms with van der Waals surface area (Å²) < 4.78 is 46.2. The number of esters is 1. The van der Waals surface area contributed by atoms with Crippen LogP contribution in [0.25, 0.3) is 0 Å². The van der Waals surface area contributed by atoms with E-state index in [0.717, 1.165) is 33.5 Å². The van der Waals surface area contributed by atoms with Crippen LogP contribution >= 0.6 is 11.6 Å². The van der Waals surface area contributed by atoms with Crippen molar-refractivity contribution in [2.75, 3.05) is 104 Å². The Kier molecular flexibility index (Phi) is 26.1. The molecule has 0 saturated carbocycles. The van der Waals surface area contributed by atoms with Crippen LogP contribution in [0.1, 0.15) is 113 Å². The fourth-order valence-corrected chi connectivity index (χ4v) is 12.3. The molecule has 0 spiro atoms. The van der Waals surface area contributed by atoms with E-state index in [1.807, 2.05) is 61.5 Å². The molecule has 6 amide bonds. The number of rotatable bonds is 27. The Bertz CT molecular complexity index is 3260. The van der Waals surface area contributed by atoms with E-state index in [1.54, 1.807) is 50.1 Å². The maximum absolute atomic E-state index is 14.4. The molecule has 10 atom stereocenters. The highest BCUT2D eigenvalue weighted by Crippen LogP contribution is 2.50. The Morgan fingerprint density at radius 2 is 1.56 bits per heavy atom. The van der Waals surface area contributed by atoms with Gasteiger partial charge in [0, 0.05) is 90.6 Å². The molecule has 3 aromatic carbocycles. The van der Waals surface area contributed by atoms with Gasteiger partial charge in [0.25, 0.3) is 0 Å². The van der Waals surface area contributed by atoms with Gasteiger partial charge in [-0.3, -0.25) is 34.7 Å². The second-order valence-corrected chi connectivity index (χ2v) is 24.9. The van der Waals surface area contributed by atoms with Gasteiger partial charge in [-0.1, -0.05) is 96.1 Å². The van der Waals surface area contributed by atoms with Crippen molar-refractivity contribution in [2.45, 2.75) is 146 Å². The number of nitrogens with zero attached hydrogens (tertiary/aromatic N) is 6. The number of benzene rings is 3. The van der Waals surface area contributed by atoms with Crippen molar-refractivity contribution in [2.24, 2.45) is 16.3 Å². The Hall–Kier alpha value is -7.40. The number of ether oxygens (including phenoxy) is 8. The van der Waals surface area contributed by atoms with E-state index in [1.165, 1.54) is 42.8 Å². The fraction of sp³-hybridized carbons (Fsp3) is 0.567. The van der Waals surface area contributed by atoms with Gasteiger partial charge in [-0.05, 0) is 68.0 Å². The normalized spacial score (nSPS) is 25.2. The van der Waals surface area contributed by atoms with Gasteiger partial charge in [0.15, 0.2) is 5.72 Å². The van der Waals surface area contributed by atoms with E-state index in [4.69, 9.17) is 49.5 Å². The van der Waals surface area contributed by atoms with Crippen LogP contribution < -0.4 is 25.9 Å². The molecule has 3 aromatic rings. The SMILES string of the molecule is CO[C@@H]1/C=C/C=C(/C)Cc2cc(CO)c(Cl)c(c2)N(C)C(=O)C[C@H](OC(=O)C(C)N(C)C(=O)CCCC(=O)N(C)CCOCCOCCOCCOCCC(=O)NCCC(=O)N2Cc3ccccc3C3NN=NC3c3ccccc32)[C@]2(C)O[C@H]2[C@H](C)[C@@H]2C[C@@]1(O)NC(=O)O2. The number of carbonyl (C=O) groups is 7. The summed E-state index contributed by atoms with van der Waals surface area (Å²) in [6.07, 6.45) is 0.695. The molecule has 4 bridgehead atoms. The fourth-order valence-electron chi connectivity index (χ4n) is 12.0. The number of anilines is 2. The van der Waals surface area contributed by atoms with Crippen LogP contribution in [0.3, 0.4) is 0 Å². The van der Waals surface area contributed by atoms with E-state index >= 15 is 0 Å². The Labute approximate surface area is 553 Å². The second-order valence-electron chi connectivity index (χ2n) is 24.5. The van der Waals surface area contributed by atoms with Gasteiger partial charge in [-0.15, -0.1) is 0 Å². The molecule has 2 fully saturated rings. The molecule has 5 aliphatic heterocycles. The van der Waals surface area contributed by atoms with Crippen LogP contribution in [0.2, 0.25) is 5.02 Å². The summed E-state index contributed by atoms with van der Waals surface area (Å²) in [4.78, 5) is 100. The molecular weight excluding hydrogens is 1240 g/mol. The number of alkyl carbamates (subject to hydrolysis) is 1. The summed E-state index contributed by atoms with van der Waals surface area (Å²) in [6, 6.07) is 17.6. The number of carbonyl (C=O) groups excluding carboxylic acids is 7. The average molecular weight is 1330 g/mol. The molecule has 2 saturated heterocycles. The highest BCUT2D eigenvalue weighted by Gasteiger charge is 2.64. The van der Waals surface area contributed by atoms with E-state index in [0.29, 0.717) is 57.2 Å². The summed E-state index contributed by atoms with van der Waals surface area (Å²) in [7, 11) is 6.02. The monoisotopic (exact) mass is 1330 g/mol. The number of likely N-dealkylation sites (N-methyl/N-ethyl adjacent to an activating group) is 2. The second kappa shape index (κ2) is 33.8. The molecule has 8 rings (SSSR count). The van der Waals surface area contributed by atoms with Crippen molar-refractivity contribution in [1.82, 2.24) is 25.9 Å². The van der Waals surface area contributed by atoms with E-state index in [-0.39, 0.29) is 106 Å². The van der Waals surface area contributed by atoms with Crippen LogP contribution in [0.15, 0.2) is 94.8 Å². The summed E-state index contributed by atoms with van der Waals surface area (Å²) in [5.74, 6) is -2.91. The number of hydrogen-bond donors (Lipinski definition) is 5. The van der Waals surface area contributed by atoms with Crippen molar-refractivity contribution < 1.29 is 81.7 Å². The third kappa shape index (κ3) is 18.5. The van der Waals surface area contributed by atoms with Gasteiger partial charge < -0.3 is 73.0 Å². The first-order valence-electron chi connectivity index (χ1n) is 31.9. The Morgan fingerprint density at radius 3 is 2.28 bits per heavy atom. The van der Waals surface area contributed by atoms with Crippen molar-refractivity contribution in [3.63, 3.8) is 0 Å². The van der Waals surface area contributed by atoms with E-state index < -0.39 is 84.6 Å². The average Bonchev–Trinajstić information content (AvgIpc) is 1.56. The van der Waals surface area contributed by atoms with Crippen molar-refractivity contribution in [3.8, 4) is 0 Å². The van der Waals surface area contributed by atoms with E-state index in [9.17, 15) is 43.8 Å². The number of epoxide rings is 1. The number of amides is 6. The topological polar surface area (TPSA) is 311 Å². The number of fused-ring (bicyclic) bond motifs is 10. The van der Waals surface area contributed by atoms with Crippen molar-refractivity contribution in [1.29, 1.82) is 0 Å². The quantitative estimate of drug-likeness (QED) is 0.0338. The number of hydrogen-bond acceptors (Lipinski definition) is 20. The zero-order chi connectivity index (χ0) is 67.7. The van der Waals surface area contributed by atoms with Crippen LogP contribution in [0.4, 0.5) is 16.2 Å². The lowest BCUT2D eigenvalue weighted by molar-refractivity contribution is -0.162. The van der Waals surface area contributed by atoms with Gasteiger partial charge in [0.05, 0.1) is 95.3 Å². The van der Waals surface area contributed by atoms with Crippen molar-refractivity contribution >= 4 is 64.6 Å². The number of allylic oxidation sites excluding steroid dienone is 3. The first-order chi connectivity index (χ1) is 45.1. The highest BCUT2D eigenvalue weighted by atomic mass is 35.5. The zero-order valence-corrected chi connectivity index (χ0v) is 55.6. The molecule has 512 valence electrons. The summed E-state index contributed by atoms with van der Waals surface area (Å²) in [5.41, 5.74) is 5.96. The molecule has 5 heterocycles. The molecule has 0 radical (unpaired) electrons. The Balaban J connectivity index is 0.695. The van der Waals surface area contributed by atoms with Gasteiger partial charge in [0.1, 0.15) is 36.0 Å². The number of aliphatic hydroxyl groups is 2. The van der Waals surface area contributed by atoms with Gasteiger partial charge in [-0.2, -0.15) is 5.11 Å². The summed E-state index contributed by atoms with van der Waals surface area (Å²) >= 11 is 6.80. The van der Waals surface area contributed by atoms with Crippen LogP contribution in [-0.4, -0.2) is 198 Å². The smallest absolute Gasteiger partial charge is 0.409 e. The highest BCUT2D eigenvalue weighted by molar-refractivity contribution is 6.34. The molecule has 0 aromatic heterocycles. The number of nitrogens with one attached hydrogen (secondary N) is 3.